The van der Waals surface area contributed by atoms with Gasteiger partial charge < -0.3 is 19.9 Å². The zero-order valence-corrected chi connectivity index (χ0v) is 18.2. The molecule has 7 nitrogen and oxygen atoms in total. The fourth-order valence-corrected chi connectivity index (χ4v) is 2.68. The third-order valence-corrected chi connectivity index (χ3v) is 4.15. The Kier molecular flexibility index (Phi) is 9.46. The molecule has 0 unspecified atom stereocenters. The standard InChI is InChI=1S/C23H20N2O5.C2H6/c1-29-21-13-16(8-10-20(21)30-15-17-5-4-12-24-14-17)9-11-22(26)25-19-7-3-2-6-18(19)23(27)28;1-2/h2-14H,15H2,1H3,(H,25,26)(H,27,28);1-2H3/b11-9+;. The van der Waals surface area contributed by atoms with Crippen molar-refractivity contribution in [1.82, 2.24) is 4.98 Å². The number of hydrogen-bond donors (Lipinski definition) is 2. The Labute approximate surface area is 187 Å². The molecule has 3 rings (SSSR count). The minimum absolute atomic E-state index is 0.0241. The van der Waals surface area contributed by atoms with Gasteiger partial charge in [-0.15, -0.1) is 0 Å². The fraction of sp³-hybridized carbons (Fsp3) is 0.160. The first-order valence-electron chi connectivity index (χ1n) is 10.1. The van der Waals surface area contributed by atoms with Gasteiger partial charge in [-0.05, 0) is 42.0 Å². The van der Waals surface area contributed by atoms with Crippen molar-refractivity contribution >= 4 is 23.6 Å². The molecule has 2 aromatic carbocycles. The van der Waals surface area contributed by atoms with E-state index in [0.717, 1.165) is 11.1 Å². The van der Waals surface area contributed by atoms with Crippen molar-refractivity contribution < 1.29 is 24.2 Å². The number of carbonyl (C=O) groups is 2. The van der Waals surface area contributed by atoms with Crippen molar-refractivity contribution in [3.63, 3.8) is 0 Å². The lowest BCUT2D eigenvalue weighted by Crippen LogP contribution is -2.11. The summed E-state index contributed by atoms with van der Waals surface area (Å²) in [4.78, 5) is 27.5. The summed E-state index contributed by atoms with van der Waals surface area (Å²) < 4.78 is 11.2. The van der Waals surface area contributed by atoms with E-state index in [1.165, 1.54) is 25.3 Å². The molecule has 0 bridgehead atoms. The van der Waals surface area contributed by atoms with Crippen LogP contribution in [-0.2, 0) is 11.4 Å². The first kappa shape index (κ1) is 24.1. The first-order valence-corrected chi connectivity index (χ1v) is 10.1. The van der Waals surface area contributed by atoms with E-state index in [2.05, 4.69) is 10.3 Å². The highest BCUT2D eigenvalue weighted by Crippen LogP contribution is 2.29. The highest BCUT2D eigenvalue weighted by molar-refractivity contribution is 6.06. The molecular formula is C25H26N2O5. The van der Waals surface area contributed by atoms with Crippen LogP contribution in [0.1, 0.15) is 35.3 Å². The van der Waals surface area contributed by atoms with Crippen LogP contribution in [0, 0.1) is 0 Å². The van der Waals surface area contributed by atoms with Gasteiger partial charge in [0.05, 0.1) is 18.4 Å². The molecule has 1 heterocycles. The number of methoxy groups -OCH3 is 1. The largest absolute Gasteiger partial charge is 0.493 e. The van der Waals surface area contributed by atoms with Gasteiger partial charge in [-0.25, -0.2) is 4.79 Å². The molecule has 0 aliphatic carbocycles. The number of nitrogens with one attached hydrogen (secondary N) is 1. The van der Waals surface area contributed by atoms with E-state index in [9.17, 15) is 14.7 Å². The summed E-state index contributed by atoms with van der Waals surface area (Å²) in [5.41, 5.74) is 1.91. The SMILES string of the molecule is CC.COc1cc(/C=C/C(=O)Nc2ccccc2C(=O)O)ccc1OCc1cccnc1. The fourth-order valence-electron chi connectivity index (χ4n) is 2.68. The van der Waals surface area contributed by atoms with Crippen molar-refractivity contribution in [2.24, 2.45) is 0 Å². The van der Waals surface area contributed by atoms with Gasteiger partial charge in [-0.3, -0.25) is 9.78 Å². The third kappa shape index (κ3) is 6.98. The smallest absolute Gasteiger partial charge is 0.337 e. The molecule has 2 N–H and O–H groups in total. The van der Waals surface area contributed by atoms with E-state index in [1.807, 2.05) is 26.0 Å². The third-order valence-electron chi connectivity index (χ3n) is 4.15. The predicted octanol–water partition coefficient (Wildman–Crippen LogP) is 5.05. The molecule has 0 fully saturated rings. The Morgan fingerprint density at radius 1 is 1.06 bits per heavy atom. The molecule has 1 aromatic heterocycles. The van der Waals surface area contributed by atoms with Gasteiger partial charge in [0.15, 0.2) is 11.5 Å². The maximum Gasteiger partial charge on any atom is 0.337 e. The minimum atomic E-state index is -1.11. The molecule has 166 valence electrons. The number of para-hydroxylation sites is 1. The molecule has 0 saturated heterocycles. The van der Waals surface area contributed by atoms with Crippen LogP contribution in [-0.4, -0.2) is 29.1 Å². The van der Waals surface area contributed by atoms with Gasteiger partial charge in [0.2, 0.25) is 5.91 Å². The predicted molar refractivity (Wildman–Crippen MR) is 124 cm³/mol. The summed E-state index contributed by atoms with van der Waals surface area (Å²) in [6.07, 6.45) is 6.35. The molecule has 0 aliphatic heterocycles. The number of amides is 1. The summed E-state index contributed by atoms with van der Waals surface area (Å²) in [5.74, 6) is -0.461. The summed E-state index contributed by atoms with van der Waals surface area (Å²) >= 11 is 0. The van der Waals surface area contributed by atoms with E-state index in [1.54, 1.807) is 48.8 Å². The van der Waals surface area contributed by atoms with Crippen LogP contribution in [0.4, 0.5) is 5.69 Å². The molecule has 0 aliphatic rings. The van der Waals surface area contributed by atoms with Crippen molar-refractivity contribution in [3.05, 3.63) is 89.8 Å². The molecule has 0 saturated carbocycles. The topological polar surface area (TPSA) is 97.8 Å². The van der Waals surface area contributed by atoms with Crippen molar-refractivity contribution in [1.29, 1.82) is 0 Å². The number of carbonyl (C=O) groups excluding carboxylic acids is 1. The molecule has 0 spiro atoms. The molecule has 0 atom stereocenters. The molecule has 7 heteroatoms. The van der Waals surface area contributed by atoms with Crippen molar-refractivity contribution in [2.45, 2.75) is 20.5 Å². The maximum absolute atomic E-state index is 12.2. The number of ether oxygens (including phenoxy) is 2. The van der Waals surface area contributed by atoms with Crippen LogP contribution >= 0.6 is 0 Å². The number of rotatable bonds is 8. The lowest BCUT2D eigenvalue weighted by atomic mass is 10.1. The van der Waals surface area contributed by atoms with E-state index in [4.69, 9.17) is 9.47 Å². The number of benzene rings is 2. The van der Waals surface area contributed by atoms with Gasteiger partial charge >= 0.3 is 5.97 Å². The second-order valence-corrected chi connectivity index (χ2v) is 6.23. The number of anilines is 1. The van der Waals surface area contributed by atoms with Gasteiger partial charge in [0.1, 0.15) is 6.61 Å². The summed E-state index contributed by atoms with van der Waals surface area (Å²) in [5, 5.41) is 11.8. The summed E-state index contributed by atoms with van der Waals surface area (Å²) in [6.45, 7) is 4.35. The number of carboxylic acids is 1. The second-order valence-electron chi connectivity index (χ2n) is 6.23. The quantitative estimate of drug-likeness (QED) is 0.482. The number of carboxylic acid groups (broad SMARTS) is 1. The van der Waals surface area contributed by atoms with Gasteiger partial charge in [0, 0.05) is 24.0 Å². The number of aromatic nitrogens is 1. The normalized spacial score (nSPS) is 10.1. The zero-order valence-electron chi connectivity index (χ0n) is 18.2. The van der Waals surface area contributed by atoms with Crippen LogP contribution in [0.5, 0.6) is 11.5 Å². The Bertz CT molecular complexity index is 1060. The van der Waals surface area contributed by atoms with Gasteiger partial charge in [-0.2, -0.15) is 0 Å². The van der Waals surface area contributed by atoms with Crippen LogP contribution in [0.25, 0.3) is 6.08 Å². The molecule has 1 amide bonds. The number of nitrogens with zero attached hydrogens (tertiary/aromatic N) is 1. The number of hydrogen-bond acceptors (Lipinski definition) is 5. The lowest BCUT2D eigenvalue weighted by molar-refractivity contribution is -0.111. The summed E-state index contributed by atoms with van der Waals surface area (Å²) in [7, 11) is 1.54. The lowest BCUT2D eigenvalue weighted by Gasteiger charge is -2.11. The zero-order chi connectivity index (χ0) is 23.3. The second kappa shape index (κ2) is 12.5. The van der Waals surface area contributed by atoms with E-state index >= 15 is 0 Å². The molecule has 32 heavy (non-hydrogen) atoms. The Hall–Kier alpha value is -4.13. The first-order chi connectivity index (χ1) is 15.6. The Morgan fingerprint density at radius 2 is 1.84 bits per heavy atom. The van der Waals surface area contributed by atoms with Crippen LogP contribution in [0.2, 0.25) is 0 Å². The highest BCUT2D eigenvalue weighted by atomic mass is 16.5. The molecule has 3 aromatic rings. The van der Waals surface area contributed by atoms with Crippen LogP contribution in [0.15, 0.2) is 73.1 Å². The molecular weight excluding hydrogens is 408 g/mol. The average molecular weight is 434 g/mol. The van der Waals surface area contributed by atoms with Crippen LogP contribution in [0.3, 0.4) is 0 Å². The van der Waals surface area contributed by atoms with Crippen molar-refractivity contribution in [2.75, 3.05) is 12.4 Å². The Balaban J connectivity index is 0.00000176. The van der Waals surface area contributed by atoms with Gasteiger partial charge in [-0.1, -0.05) is 38.1 Å². The maximum atomic E-state index is 12.2. The van der Waals surface area contributed by atoms with E-state index in [0.29, 0.717) is 18.1 Å². The monoisotopic (exact) mass is 434 g/mol. The number of pyridine rings is 1. The average Bonchev–Trinajstić information content (AvgIpc) is 2.83. The van der Waals surface area contributed by atoms with Crippen LogP contribution < -0.4 is 14.8 Å². The van der Waals surface area contributed by atoms with E-state index < -0.39 is 11.9 Å². The van der Waals surface area contributed by atoms with E-state index in [-0.39, 0.29) is 11.3 Å². The number of aromatic carboxylic acids is 1. The molecule has 0 radical (unpaired) electrons. The van der Waals surface area contributed by atoms with Crippen molar-refractivity contribution in [3.8, 4) is 11.5 Å². The minimum Gasteiger partial charge on any atom is -0.493 e. The Morgan fingerprint density at radius 3 is 2.53 bits per heavy atom. The highest BCUT2D eigenvalue weighted by Gasteiger charge is 2.10. The summed E-state index contributed by atoms with van der Waals surface area (Å²) in [6, 6.07) is 15.3. The van der Waals surface area contributed by atoms with Gasteiger partial charge in [0.25, 0.3) is 0 Å².